The molecule has 0 bridgehead atoms. The Balaban J connectivity index is 1.75. The first-order valence-corrected chi connectivity index (χ1v) is 11.0. The van der Waals surface area contributed by atoms with Crippen molar-refractivity contribution in [2.24, 2.45) is 0 Å². The first-order valence-electron chi connectivity index (χ1n) is 9.49. The summed E-state index contributed by atoms with van der Waals surface area (Å²) in [5.74, 6) is -1.36. The third-order valence-electron chi connectivity index (χ3n) is 4.89. The summed E-state index contributed by atoms with van der Waals surface area (Å²) in [5, 5.41) is 0.511. The van der Waals surface area contributed by atoms with Crippen LogP contribution in [0.25, 0.3) is 22.0 Å². The van der Waals surface area contributed by atoms with Gasteiger partial charge in [0.2, 0.25) is 5.95 Å². The molecular formula is C22H18F2N4O4S. The number of anilines is 2. The van der Waals surface area contributed by atoms with E-state index in [1.807, 2.05) is 0 Å². The third-order valence-corrected chi connectivity index (χ3v) is 6.25. The van der Waals surface area contributed by atoms with E-state index in [2.05, 4.69) is 14.7 Å². The third kappa shape index (κ3) is 4.22. The standard InChI is InChI=1S/C22H18F2N4O4S/c1-31-18-8-4-14(10-19(18)32-2)33(29,30)28-17-7-5-15(23)20(21(17)24)12-3-6-16-13(9-12)11-26-22(25)27-16/h3-11,28H,1-2H3,(H2,25,26,27). The summed E-state index contributed by atoms with van der Waals surface area (Å²) in [6, 6.07) is 10.4. The molecular weight excluding hydrogens is 454 g/mol. The molecule has 8 nitrogen and oxygen atoms in total. The van der Waals surface area contributed by atoms with E-state index in [0.29, 0.717) is 16.7 Å². The summed E-state index contributed by atoms with van der Waals surface area (Å²) >= 11 is 0. The highest BCUT2D eigenvalue weighted by Gasteiger charge is 2.22. The first-order chi connectivity index (χ1) is 15.7. The van der Waals surface area contributed by atoms with E-state index in [-0.39, 0.29) is 22.2 Å². The Morgan fingerprint density at radius 3 is 2.45 bits per heavy atom. The molecule has 4 aromatic rings. The normalized spacial score (nSPS) is 11.4. The van der Waals surface area contributed by atoms with Crippen LogP contribution in [-0.2, 0) is 10.0 Å². The van der Waals surface area contributed by atoms with Crippen LogP contribution in [0.2, 0.25) is 0 Å². The minimum absolute atomic E-state index is 0.0687. The molecule has 0 aliphatic heterocycles. The SMILES string of the molecule is COc1ccc(S(=O)(=O)Nc2ccc(F)c(-c3ccc4nc(N)ncc4c3)c2F)cc1OC. The lowest BCUT2D eigenvalue weighted by Gasteiger charge is -2.14. The van der Waals surface area contributed by atoms with Gasteiger partial charge in [-0.25, -0.2) is 27.2 Å². The first kappa shape index (κ1) is 22.2. The van der Waals surface area contributed by atoms with Crippen LogP contribution in [0.4, 0.5) is 20.4 Å². The molecule has 0 unspecified atom stereocenters. The van der Waals surface area contributed by atoms with Crippen LogP contribution in [0, 0.1) is 11.6 Å². The molecule has 3 N–H and O–H groups in total. The van der Waals surface area contributed by atoms with Crippen molar-refractivity contribution in [3.63, 3.8) is 0 Å². The van der Waals surface area contributed by atoms with Crippen LogP contribution < -0.4 is 19.9 Å². The Kier molecular flexibility index (Phi) is 5.73. The van der Waals surface area contributed by atoms with E-state index >= 15 is 4.39 Å². The van der Waals surface area contributed by atoms with Crippen molar-refractivity contribution in [2.75, 3.05) is 24.7 Å². The van der Waals surface area contributed by atoms with E-state index in [0.717, 1.165) is 12.1 Å². The summed E-state index contributed by atoms with van der Waals surface area (Å²) in [5.41, 5.74) is 5.41. The minimum atomic E-state index is -4.23. The van der Waals surface area contributed by atoms with E-state index in [1.54, 1.807) is 6.07 Å². The summed E-state index contributed by atoms with van der Waals surface area (Å²) < 4.78 is 68.1. The Labute approximate surface area is 188 Å². The average Bonchev–Trinajstić information content (AvgIpc) is 2.80. The van der Waals surface area contributed by atoms with Gasteiger partial charge in [0.05, 0.1) is 35.9 Å². The van der Waals surface area contributed by atoms with Crippen LogP contribution in [0.3, 0.4) is 0 Å². The molecule has 0 saturated heterocycles. The number of fused-ring (bicyclic) bond motifs is 1. The van der Waals surface area contributed by atoms with Crippen molar-refractivity contribution in [3.05, 3.63) is 66.4 Å². The van der Waals surface area contributed by atoms with Crippen molar-refractivity contribution in [3.8, 4) is 22.6 Å². The molecule has 0 aliphatic rings. The maximum atomic E-state index is 15.3. The van der Waals surface area contributed by atoms with Gasteiger partial charge >= 0.3 is 0 Å². The van der Waals surface area contributed by atoms with Gasteiger partial charge in [-0.1, -0.05) is 6.07 Å². The largest absolute Gasteiger partial charge is 0.493 e. The lowest BCUT2D eigenvalue weighted by atomic mass is 10.0. The number of nitrogens with one attached hydrogen (secondary N) is 1. The number of nitrogens with zero attached hydrogens (tertiary/aromatic N) is 2. The summed E-state index contributed by atoms with van der Waals surface area (Å²) in [6.07, 6.45) is 1.43. The van der Waals surface area contributed by atoms with Gasteiger partial charge in [0.15, 0.2) is 17.3 Å². The number of sulfonamides is 1. The van der Waals surface area contributed by atoms with Crippen LogP contribution in [-0.4, -0.2) is 32.6 Å². The minimum Gasteiger partial charge on any atom is -0.493 e. The molecule has 0 aliphatic carbocycles. The molecule has 11 heteroatoms. The number of nitrogen functional groups attached to an aromatic ring is 1. The molecule has 33 heavy (non-hydrogen) atoms. The lowest BCUT2D eigenvalue weighted by molar-refractivity contribution is 0.354. The van der Waals surface area contributed by atoms with Crippen molar-refractivity contribution in [1.82, 2.24) is 9.97 Å². The highest BCUT2D eigenvalue weighted by molar-refractivity contribution is 7.92. The fourth-order valence-corrected chi connectivity index (χ4v) is 4.36. The quantitative estimate of drug-likeness (QED) is 0.436. The van der Waals surface area contributed by atoms with Gasteiger partial charge < -0.3 is 15.2 Å². The van der Waals surface area contributed by atoms with Gasteiger partial charge in [0.25, 0.3) is 10.0 Å². The molecule has 0 amide bonds. The van der Waals surface area contributed by atoms with Crippen LogP contribution in [0.15, 0.2) is 59.6 Å². The summed E-state index contributed by atoms with van der Waals surface area (Å²) in [6.45, 7) is 0. The molecule has 1 aromatic heterocycles. The summed E-state index contributed by atoms with van der Waals surface area (Å²) in [7, 11) is -1.46. The maximum absolute atomic E-state index is 15.3. The van der Waals surface area contributed by atoms with Crippen LogP contribution in [0.5, 0.6) is 11.5 Å². The van der Waals surface area contributed by atoms with E-state index in [9.17, 15) is 12.8 Å². The van der Waals surface area contributed by atoms with Crippen molar-refractivity contribution in [1.29, 1.82) is 0 Å². The van der Waals surface area contributed by atoms with Gasteiger partial charge in [0, 0.05) is 17.6 Å². The Morgan fingerprint density at radius 1 is 0.970 bits per heavy atom. The number of halogens is 2. The van der Waals surface area contributed by atoms with E-state index < -0.39 is 32.9 Å². The number of aromatic nitrogens is 2. The van der Waals surface area contributed by atoms with Gasteiger partial charge in [-0.2, -0.15) is 0 Å². The number of benzene rings is 3. The predicted molar refractivity (Wildman–Crippen MR) is 120 cm³/mol. The molecule has 3 aromatic carbocycles. The Bertz CT molecular complexity index is 1480. The van der Waals surface area contributed by atoms with E-state index in [4.69, 9.17) is 15.2 Å². The Morgan fingerprint density at radius 2 is 1.73 bits per heavy atom. The zero-order valence-electron chi connectivity index (χ0n) is 17.5. The monoisotopic (exact) mass is 472 g/mol. The van der Waals surface area contributed by atoms with Crippen molar-refractivity contribution in [2.45, 2.75) is 4.90 Å². The second-order valence-electron chi connectivity index (χ2n) is 6.91. The zero-order chi connectivity index (χ0) is 23.8. The molecule has 4 rings (SSSR count). The summed E-state index contributed by atoms with van der Waals surface area (Å²) in [4.78, 5) is 7.74. The van der Waals surface area contributed by atoms with Crippen LogP contribution >= 0.6 is 0 Å². The molecule has 0 radical (unpaired) electrons. The molecule has 1 heterocycles. The molecule has 0 spiro atoms. The van der Waals surface area contributed by atoms with Gasteiger partial charge in [0.1, 0.15) is 5.82 Å². The molecule has 0 atom stereocenters. The fourth-order valence-electron chi connectivity index (χ4n) is 3.29. The number of nitrogens with two attached hydrogens (primary N) is 1. The lowest BCUT2D eigenvalue weighted by Crippen LogP contribution is -2.15. The number of ether oxygens (including phenoxy) is 2. The highest BCUT2D eigenvalue weighted by Crippen LogP contribution is 2.34. The molecule has 170 valence electrons. The maximum Gasteiger partial charge on any atom is 0.262 e. The van der Waals surface area contributed by atoms with Gasteiger partial charge in [-0.05, 0) is 42.0 Å². The highest BCUT2D eigenvalue weighted by atomic mass is 32.2. The van der Waals surface area contributed by atoms with E-state index in [1.165, 1.54) is 50.7 Å². The number of hydrogen-bond acceptors (Lipinski definition) is 7. The fraction of sp³-hybridized carbons (Fsp3) is 0.0909. The zero-order valence-corrected chi connectivity index (χ0v) is 18.3. The Hall–Kier alpha value is -3.99. The predicted octanol–water partition coefficient (Wildman–Crippen LogP) is 3.98. The van der Waals surface area contributed by atoms with Gasteiger partial charge in [-0.3, -0.25) is 4.72 Å². The van der Waals surface area contributed by atoms with Crippen molar-refractivity contribution < 1.29 is 26.7 Å². The topological polar surface area (TPSA) is 116 Å². The molecule has 0 saturated carbocycles. The number of hydrogen-bond donors (Lipinski definition) is 2. The number of rotatable bonds is 6. The van der Waals surface area contributed by atoms with Crippen LogP contribution in [0.1, 0.15) is 0 Å². The second kappa shape index (κ2) is 8.51. The molecule has 0 fully saturated rings. The average molecular weight is 472 g/mol. The van der Waals surface area contributed by atoms with Crippen molar-refractivity contribution >= 4 is 32.6 Å². The van der Waals surface area contributed by atoms with Gasteiger partial charge in [-0.15, -0.1) is 0 Å². The second-order valence-corrected chi connectivity index (χ2v) is 8.59. The number of methoxy groups -OCH3 is 2. The smallest absolute Gasteiger partial charge is 0.262 e.